The molecule has 3 nitrogen and oxygen atoms in total. The van der Waals surface area contributed by atoms with Crippen molar-refractivity contribution < 1.29 is 4.52 Å². The van der Waals surface area contributed by atoms with E-state index in [0.717, 1.165) is 6.54 Å². The van der Waals surface area contributed by atoms with Crippen LogP contribution in [0.5, 0.6) is 0 Å². The van der Waals surface area contributed by atoms with Crippen LogP contribution in [0.15, 0.2) is 30.3 Å². The molecule has 0 radical (unpaired) electrons. The number of para-hydroxylation sites is 1. The molecule has 2 aliphatic heterocycles. The molecule has 0 amide bonds. The molecule has 18 heavy (non-hydrogen) atoms. The van der Waals surface area contributed by atoms with Gasteiger partial charge in [0.2, 0.25) is 8.45 Å². The fourth-order valence-corrected chi connectivity index (χ4v) is 5.08. The Hall–Kier alpha value is -0.630. The molecule has 0 unspecified atom stereocenters. The van der Waals surface area contributed by atoms with E-state index >= 15 is 0 Å². The molecule has 2 saturated heterocycles. The summed E-state index contributed by atoms with van der Waals surface area (Å²) in [7, 11) is -0.598. The van der Waals surface area contributed by atoms with E-state index in [2.05, 4.69) is 53.5 Å². The molecular weight excluding hydrogens is 243 g/mol. The van der Waals surface area contributed by atoms with E-state index in [1.165, 1.54) is 25.1 Å². The fourth-order valence-electron chi connectivity index (χ4n) is 2.75. The van der Waals surface area contributed by atoms with Crippen molar-refractivity contribution in [3.8, 4) is 0 Å². The molecule has 2 aliphatic rings. The van der Waals surface area contributed by atoms with E-state index in [0.29, 0.717) is 12.1 Å². The molecule has 3 rings (SSSR count). The first-order chi connectivity index (χ1) is 8.75. The van der Waals surface area contributed by atoms with Gasteiger partial charge in [-0.05, 0) is 38.8 Å². The van der Waals surface area contributed by atoms with Crippen molar-refractivity contribution in [2.24, 2.45) is 0 Å². The normalized spacial score (nSPS) is 28.1. The van der Waals surface area contributed by atoms with Crippen LogP contribution in [0.1, 0.15) is 26.7 Å². The van der Waals surface area contributed by atoms with Crippen molar-refractivity contribution >= 4 is 14.1 Å². The molecule has 1 aromatic rings. The fraction of sp³-hybridized carbons (Fsp3) is 0.571. The lowest BCUT2D eigenvalue weighted by atomic mass is 10.2. The van der Waals surface area contributed by atoms with Crippen LogP contribution in [0, 0.1) is 0 Å². The van der Waals surface area contributed by atoms with Gasteiger partial charge in [-0.3, -0.25) is 0 Å². The monoisotopic (exact) mass is 264 g/mol. The predicted molar refractivity (Wildman–Crippen MR) is 76.7 cm³/mol. The highest BCUT2D eigenvalue weighted by Crippen LogP contribution is 2.57. The molecule has 2 atom stereocenters. The molecule has 0 aliphatic carbocycles. The lowest BCUT2D eigenvalue weighted by Crippen LogP contribution is -2.20. The molecule has 0 aromatic heterocycles. The van der Waals surface area contributed by atoms with Crippen molar-refractivity contribution in [3.63, 3.8) is 0 Å². The average Bonchev–Trinajstić information content (AvgIpc) is 2.93. The Morgan fingerprint density at radius 3 is 2.78 bits per heavy atom. The van der Waals surface area contributed by atoms with E-state index in [-0.39, 0.29) is 0 Å². The summed E-state index contributed by atoms with van der Waals surface area (Å²) in [6.07, 6.45) is 2.94. The molecular formula is C14H21N2OP. The first-order valence-corrected chi connectivity index (χ1v) is 7.98. The lowest BCUT2D eigenvalue weighted by molar-refractivity contribution is 0.248. The first kappa shape index (κ1) is 12.4. The maximum Gasteiger partial charge on any atom is 0.218 e. The van der Waals surface area contributed by atoms with Gasteiger partial charge in [-0.1, -0.05) is 18.2 Å². The number of rotatable bonds is 3. The standard InChI is InChI=1S/C14H21N2OP/c1-12(2)17-18-15-10-6-9-14(15)11-16(18)13-7-4-3-5-8-13/h3-5,7-8,12,14H,6,9-11H2,1-2H3/t14-,18-/m0/s1. The van der Waals surface area contributed by atoms with Crippen LogP contribution in [0.25, 0.3) is 0 Å². The summed E-state index contributed by atoms with van der Waals surface area (Å²) in [5.41, 5.74) is 1.30. The second kappa shape index (κ2) is 5.16. The third-order valence-corrected chi connectivity index (χ3v) is 5.90. The molecule has 0 bridgehead atoms. The second-order valence-corrected chi connectivity index (χ2v) is 7.00. The summed E-state index contributed by atoms with van der Waals surface area (Å²) in [6, 6.07) is 11.4. The quantitative estimate of drug-likeness (QED) is 0.775. The Morgan fingerprint density at radius 2 is 2.06 bits per heavy atom. The Bertz CT molecular complexity index is 398. The van der Waals surface area contributed by atoms with Crippen LogP contribution >= 0.6 is 8.45 Å². The highest BCUT2D eigenvalue weighted by atomic mass is 31.2. The van der Waals surface area contributed by atoms with Gasteiger partial charge in [-0.2, -0.15) is 0 Å². The van der Waals surface area contributed by atoms with Gasteiger partial charge >= 0.3 is 0 Å². The lowest BCUT2D eigenvalue weighted by Gasteiger charge is -2.30. The van der Waals surface area contributed by atoms with Crippen LogP contribution < -0.4 is 4.67 Å². The summed E-state index contributed by atoms with van der Waals surface area (Å²) in [4.78, 5) is 0. The molecule has 0 saturated carbocycles. The van der Waals surface area contributed by atoms with Gasteiger partial charge in [-0.15, -0.1) is 0 Å². The Balaban J connectivity index is 1.84. The summed E-state index contributed by atoms with van der Waals surface area (Å²) in [5, 5.41) is 0. The smallest absolute Gasteiger partial charge is 0.218 e. The summed E-state index contributed by atoms with van der Waals surface area (Å²) in [6.45, 7) is 6.60. The van der Waals surface area contributed by atoms with E-state index in [4.69, 9.17) is 4.52 Å². The Kier molecular flexibility index (Phi) is 3.56. The third kappa shape index (κ3) is 2.27. The summed E-state index contributed by atoms with van der Waals surface area (Å²) >= 11 is 0. The summed E-state index contributed by atoms with van der Waals surface area (Å²) in [5.74, 6) is 0. The number of hydrogen-bond donors (Lipinski definition) is 0. The van der Waals surface area contributed by atoms with Crippen molar-refractivity contribution in [1.82, 2.24) is 4.67 Å². The minimum absolute atomic E-state index is 0.293. The number of benzene rings is 1. The van der Waals surface area contributed by atoms with Crippen LogP contribution in [0.2, 0.25) is 0 Å². The van der Waals surface area contributed by atoms with Gasteiger partial charge in [-0.25, -0.2) is 4.67 Å². The number of anilines is 1. The molecule has 2 heterocycles. The van der Waals surface area contributed by atoms with Crippen molar-refractivity contribution in [2.75, 3.05) is 17.8 Å². The van der Waals surface area contributed by atoms with E-state index in [1.807, 2.05) is 0 Å². The second-order valence-electron chi connectivity index (χ2n) is 5.28. The van der Waals surface area contributed by atoms with Gasteiger partial charge in [0.05, 0.1) is 6.10 Å². The zero-order chi connectivity index (χ0) is 12.5. The van der Waals surface area contributed by atoms with Crippen LogP contribution in [-0.4, -0.2) is 29.9 Å². The van der Waals surface area contributed by atoms with Gasteiger partial charge in [0.25, 0.3) is 0 Å². The highest BCUT2D eigenvalue weighted by Gasteiger charge is 2.44. The molecule has 4 heteroatoms. The molecule has 0 spiro atoms. The minimum Gasteiger partial charge on any atom is -0.324 e. The zero-order valence-electron chi connectivity index (χ0n) is 11.1. The molecule has 98 valence electrons. The Morgan fingerprint density at radius 1 is 1.28 bits per heavy atom. The summed E-state index contributed by atoms with van der Waals surface area (Å²) < 4.78 is 11.3. The topological polar surface area (TPSA) is 15.7 Å². The van der Waals surface area contributed by atoms with Crippen molar-refractivity contribution in [3.05, 3.63) is 30.3 Å². The zero-order valence-corrected chi connectivity index (χ0v) is 12.0. The number of fused-ring (bicyclic) bond motifs is 1. The van der Waals surface area contributed by atoms with Crippen LogP contribution in [0.3, 0.4) is 0 Å². The predicted octanol–water partition coefficient (Wildman–Crippen LogP) is 3.62. The molecule has 2 fully saturated rings. The van der Waals surface area contributed by atoms with Gasteiger partial charge in [0.1, 0.15) is 0 Å². The molecule has 1 aromatic carbocycles. The van der Waals surface area contributed by atoms with Crippen molar-refractivity contribution in [1.29, 1.82) is 0 Å². The number of hydrogen-bond acceptors (Lipinski definition) is 3. The maximum atomic E-state index is 6.21. The van der Waals surface area contributed by atoms with Crippen LogP contribution in [0.4, 0.5) is 5.69 Å². The van der Waals surface area contributed by atoms with E-state index in [9.17, 15) is 0 Å². The van der Waals surface area contributed by atoms with Gasteiger partial charge in [0, 0.05) is 24.8 Å². The van der Waals surface area contributed by atoms with E-state index < -0.39 is 8.45 Å². The average molecular weight is 264 g/mol. The SMILES string of the molecule is CC(C)O[P@]1N(c2ccccc2)C[C@@H]2CCCN21. The highest BCUT2D eigenvalue weighted by molar-refractivity contribution is 7.52. The van der Waals surface area contributed by atoms with Crippen LogP contribution in [-0.2, 0) is 4.52 Å². The molecule has 0 N–H and O–H groups in total. The Labute approximate surface area is 111 Å². The largest absolute Gasteiger partial charge is 0.324 e. The number of nitrogens with zero attached hydrogens (tertiary/aromatic N) is 2. The van der Waals surface area contributed by atoms with Gasteiger partial charge < -0.3 is 9.19 Å². The van der Waals surface area contributed by atoms with E-state index in [1.54, 1.807) is 0 Å². The minimum atomic E-state index is -0.598. The third-order valence-electron chi connectivity index (χ3n) is 3.52. The van der Waals surface area contributed by atoms with Crippen molar-refractivity contribution in [2.45, 2.75) is 38.8 Å². The first-order valence-electron chi connectivity index (χ1n) is 6.81. The maximum absolute atomic E-state index is 6.21. The van der Waals surface area contributed by atoms with Gasteiger partial charge in [0.15, 0.2) is 0 Å².